The molecule has 0 spiro atoms. The van der Waals surface area contributed by atoms with Crippen molar-refractivity contribution in [3.8, 4) is 0 Å². The summed E-state index contributed by atoms with van der Waals surface area (Å²) < 4.78 is 40.6. The molecule has 1 aromatic rings. The standard InChI is InChI=1S/C10H13F3N4O4/c1-6-8(17(19)20)7(2)16(15-6)4-3-14-9(18)21-5-10(11,12)13/h3-5H2,1-2H3,(H,14,18). The van der Waals surface area contributed by atoms with E-state index in [0.717, 1.165) is 0 Å². The van der Waals surface area contributed by atoms with Crippen LogP contribution < -0.4 is 5.32 Å². The predicted molar refractivity (Wildman–Crippen MR) is 63.8 cm³/mol. The lowest BCUT2D eigenvalue weighted by Crippen LogP contribution is -2.31. The number of nitrogens with one attached hydrogen (secondary N) is 1. The largest absolute Gasteiger partial charge is 0.440 e. The van der Waals surface area contributed by atoms with Crippen molar-refractivity contribution >= 4 is 11.8 Å². The van der Waals surface area contributed by atoms with Gasteiger partial charge in [0.05, 0.1) is 11.5 Å². The van der Waals surface area contributed by atoms with E-state index >= 15 is 0 Å². The zero-order valence-corrected chi connectivity index (χ0v) is 11.2. The van der Waals surface area contributed by atoms with Crippen LogP contribution in [-0.4, -0.2) is 40.1 Å². The van der Waals surface area contributed by atoms with Gasteiger partial charge in [0, 0.05) is 6.54 Å². The van der Waals surface area contributed by atoms with Gasteiger partial charge in [-0.3, -0.25) is 14.8 Å². The molecule has 0 aliphatic rings. The summed E-state index contributed by atoms with van der Waals surface area (Å²) in [5.74, 6) is 0. The minimum absolute atomic E-state index is 0.0711. The molecular weight excluding hydrogens is 297 g/mol. The lowest BCUT2D eigenvalue weighted by Gasteiger charge is -2.09. The van der Waals surface area contributed by atoms with E-state index in [1.165, 1.54) is 18.5 Å². The topological polar surface area (TPSA) is 99.3 Å². The molecule has 0 bridgehead atoms. The third-order valence-electron chi connectivity index (χ3n) is 2.49. The monoisotopic (exact) mass is 310 g/mol. The highest BCUT2D eigenvalue weighted by atomic mass is 19.4. The predicted octanol–water partition coefficient (Wildman–Crippen LogP) is 1.70. The Bertz CT molecular complexity index is 541. The first kappa shape index (κ1) is 16.7. The Hall–Kier alpha value is -2.33. The third-order valence-corrected chi connectivity index (χ3v) is 2.49. The van der Waals surface area contributed by atoms with Crippen LogP contribution in [0.2, 0.25) is 0 Å². The normalized spacial score (nSPS) is 11.3. The van der Waals surface area contributed by atoms with Gasteiger partial charge in [-0.25, -0.2) is 4.79 Å². The molecule has 0 saturated carbocycles. The number of rotatable bonds is 5. The third kappa shape index (κ3) is 4.93. The van der Waals surface area contributed by atoms with Crippen molar-refractivity contribution in [2.75, 3.05) is 13.2 Å². The number of aromatic nitrogens is 2. The van der Waals surface area contributed by atoms with E-state index in [1.54, 1.807) is 0 Å². The smallest absolute Gasteiger partial charge is 0.422 e. The summed E-state index contributed by atoms with van der Waals surface area (Å²) in [5.41, 5.74) is 0.384. The number of amides is 1. The van der Waals surface area contributed by atoms with Crippen molar-refractivity contribution in [1.29, 1.82) is 0 Å². The molecule has 0 saturated heterocycles. The summed E-state index contributed by atoms with van der Waals surface area (Å²) in [4.78, 5) is 21.2. The fourth-order valence-electron chi connectivity index (χ4n) is 1.63. The van der Waals surface area contributed by atoms with Crippen LogP contribution in [0, 0.1) is 24.0 Å². The molecule has 118 valence electrons. The molecule has 0 aliphatic heterocycles. The van der Waals surface area contributed by atoms with Crippen LogP contribution in [0.4, 0.5) is 23.7 Å². The molecule has 11 heteroatoms. The van der Waals surface area contributed by atoms with E-state index in [-0.39, 0.29) is 24.5 Å². The zero-order chi connectivity index (χ0) is 16.2. The maximum atomic E-state index is 11.8. The van der Waals surface area contributed by atoms with Crippen molar-refractivity contribution in [3.05, 3.63) is 21.5 Å². The second-order valence-electron chi connectivity index (χ2n) is 4.12. The molecule has 0 radical (unpaired) electrons. The van der Waals surface area contributed by atoms with Crippen LogP contribution in [0.1, 0.15) is 11.4 Å². The number of hydrogen-bond donors (Lipinski definition) is 1. The summed E-state index contributed by atoms with van der Waals surface area (Å²) in [5, 5.41) is 16.8. The van der Waals surface area contributed by atoms with Crippen molar-refractivity contribution in [1.82, 2.24) is 15.1 Å². The minimum Gasteiger partial charge on any atom is -0.440 e. The Labute approximate surface area is 117 Å². The summed E-state index contributed by atoms with van der Waals surface area (Å²) >= 11 is 0. The van der Waals surface area contributed by atoms with Crippen molar-refractivity contribution in [2.24, 2.45) is 0 Å². The maximum absolute atomic E-state index is 11.8. The van der Waals surface area contributed by atoms with Gasteiger partial charge in [-0.05, 0) is 13.8 Å². The Morgan fingerprint density at radius 3 is 2.57 bits per heavy atom. The second kappa shape index (κ2) is 6.41. The van der Waals surface area contributed by atoms with Crippen LogP contribution in [0.25, 0.3) is 0 Å². The Kier molecular flexibility index (Phi) is 5.11. The van der Waals surface area contributed by atoms with E-state index < -0.39 is 23.8 Å². The van der Waals surface area contributed by atoms with Crippen LogP contribution >= 0.6 is 0 Å². The summed E-state index contributed by atoms with van der Waals surface area (Å²) in [6.45, 7) is 1.27. The molecule has 0 fully saturated rings. The number of alkyl carbamates (subject to hydrolysis) is 1. The first-order valence-electron chi connectivity index (χ1n) is 5.77. The molecule has 0 aliphatic carbocycles. The van der Waals surface area contributed by atoms with E-state index in [9.17, 15) is 28.1 Å². The van der Waals surface area contributed by atoms with Gasteiger partial charge in [-0.1, -0.05) is 0 Å². The fraction of sp³-hybridized carbons (Fsp3) is 0.600. The first-order chi connectivity index (χ1) is 9.61. The molecule has 0 atom stereocenters. The van der Waals surface area contributed by atoms with Crippen LogP contribution in [-0.2, 0) is 11.3 Å². The highest BCUT2D eigenvalue weighted by Crippen LogP contribution is 2.21. The van der Waals surface area contributed by atoms with Gasteiger partial charge in [0.1, 0.15) is 11.4 Å². The van der Waals surface area contributed by atoms with Crippen LogP contribution in [0.15, 0.2) is 0 Å². The van der Waals surface area contributed by atoms with E-state index in [1.807, 2.05) is 0 Å². The van der Waals surface area contributed by atoms with E-state index in [0.29, 0.717) is 5.69 Å². The summed E-state index contributed by atoms with van der Waals surface area (Å²) in [6.07, 6.45) is -5.81. The van der Waals surface area contributed by atoms with E-state index in [4.69, 9.17) is 0 Å². The highest BCUT2D eigenvalue weighted by molar-refractivity contribution is 5.67. The Morgan fingerprint density at radius 1 is 1.48 bits per heavy atom. The number of carbonyl (C=O) groups is 1. The van der Waals surface area contributed by atoms with Crippen LogP contribution in [0.3, 0.4) is 0 Å². The number of alkyl halides is 3. The average molecular weight is 310 g/mol. The van der Waals surface area contributed by atoms with Crippen molar-refractivity contribution < 1.29 is 27.6 Å². The molecule has 1 heterocycles. The molecule has 1 rings (SSSR count). The van der Waals surface area contributed by atoms with Gasteiger partial charge < -0.3 is 10.1 Å². The Balaban J connectivity index is 2.48. The molecule has 1 N–H and O–H groups in total. The number of nitro groups is 1. The minimum atomic E-state index is -4.59. The highest BCUT2D eigenvalue weighted by Gasteiger charge is 2.29. The number of carbonyl (C=O) groups excluding carboxylic acids is 1. The molecular formula is C10H13F3N4O4. The van der Waals surface area contributed by atoms with Gasteiger partial charge >= 0.3 is 18.0 Å². The van der Waals surface area contributed by atoms with E-state index in [2.05, 4.69) is 15.2 Å². The van der Waals surface area contributed by atoms with Gasteiger partial charge in [0.25, 0.3) is 0 Å². The number of ether oxygens (including phenoxy) is 1. The quantitative estimate of drug-likeness (QED) is 0.659. The molecule has 21 heavy (non-hydrogen) atoms. The second-order valence-corrected chi connectivity index (χ2v) is 4.12. The zero-order valence-electron chi connectivity index (χ0n) is 11.2. The maximum Gasteiger partial charge on any atom is 0.422 e. The number of hydrogen-bond acceptors (Lipinski definition) is 5. The SMILES string of the molecule is Cc1nn(CCNC(=O)OCC(F)(F)F)c(C)c1[N+](=O)[O-]. The van der Waals surface area contributed by atoms with Gasteiger partial charge in [0.2, 0.25) is 0 Å². The van der Waals surface area contributed by atoms with Crippen molar-refractivity contribution in [3.63, 3.8) is 0 Å². The number of halogens is 3. The molecule has 8 nitrogen and oxygen atoms in total. The molecule has 0 aromatic carbocycles. The molecule has 1 amide bonds. The number of nitrogens with zero attached hydrogens (tertiary/aromatic N) is 3. The molecule has 1 aromatic heterocycles. The van der Waals surface area contributed by atoms with Gasteiger partial charge in [-0.2, -0.15) is 18.3 Å². The van der Waals surface area contributed by atoms with Gasteiger partial charge in [0.15, 0.2) is 6.61 Å². The fourth-order valence-corrected chi connectivity index (χ4v) is 1.63. The summed E-state index contributed by atoms with van der Waals surface area (Å²) in [7, 11) is 0. The van der Waals surface area contributed by atoms with Crippen LogP contribution in [0.5, 0.6) is 0 Å². The summed E-state index contributed by atoms with van der Waals surface area (Å²) in [6, 6.07) is 0. The lowest BCUT2D eigenvalue weighted by molar-refractivity contribution is -0.386. The number of aryl methyl sites for hydroxylation is 1. The van der Waals surface area contributed by atoms with Crippen molar-refractivity contribution in [2.45, 2.75) is 26.6 Å². The average Bonchev–Trinajstić information content (AvgIpc) is 2.61. The molecule has 0 unspecified atom stereocenters. The lowest BCUT2D eigenvalue weighted by atomic mass is 10.3. The first-order valence-corrected chi connectivity index (χ1v) is 5.77. The Morgan fingerprint density at radius 2 is 2.10 bits per heavy atom. The van der Waals surface area contributed by atoms with Gasteiger partial charge in [-0.15, -0.1) is 0 Å².